The van der Waals surface area contributed by atoms with E-state index in [1.54, 1.807) is 42.6 Å². The number of aliphatic hydroxyl groups is 1. The van der Waals surface area contributed by atoms with Gasteiger partial charge in [-0.3, -0.25) is 4.79 Å². The molecular formula is C24H26N6O5. The lowest BCUT2D eigenvalue weighted by Crippen LogP contribution is -2.19. The van der Waals surface area contributed by atoms with E-state index in [0.29, 0.717) is 39.7 Å². The van der Waals surface area contributed by atoms with E-state index in [9.17, 15) is 4.79 Å². The molecule has 0 aliphatic heterocycles. The number of ether oxygens (including phenoxy) is 3. The molecule has 0 saturated carbocycles. The van der Waals surface area contributed by atoms with Crippen LogP contribution in [-0.4, -0.2) is 56.3 Å². The third-order valence-corrected chi connectivity index (χ3v) is 5.04. The summed E-state index contributed by atoms with van der Waals surface area (Å²) in [5.41, 5.74) is 2.05. The largest absolute Gasteiger partial charge is 0.493 e. The average molecular weight is 479 g/mol. The van der Waals surface area contributed by atoms with Gasteiger partial charge in [-0.25, -0.2) is 14.6 Å². The molecule has 0 unspecified atom stereocenters. The van der Waals surface area contributed by atoms with Crippen molar-refractivity contribution >= 4 is 22.5 Å². The first kappa shape index (κ1) is 23.9. The van der Waals surface area contributed by atoms with Crippen molar-refractivity contribution in [2.24, 2.45) is 0 Å². The summed E-state index contributed by atoms with van der Waals surface area (Å²) in [5.74, 6) is 1.83. The predicted octanol–water partition coefficient (Wildman–Crippen LogP) is 3.16. The first-order valence-corrected chi connectivity index (χ1v) is 11.0. The molecule has 0 saturated heterocycles. The Balaban J connectivity index is 1.45. The van der Waals surface area contributed by atoms with E-state index in [0.717, 1.165) is 5.69 Å². The summed E-state index contributed by atoms with van der Waals surface area (Å²) < 4.78 is 18.4. The molecule has 4 aromatic rings. The Morgan fingerprint density at radius 2 is 1.94 bits per heavy atom. The van der Waals surface area contributed by atoms with Gasteiger partial charge in [-0.05, 0) is 36.2 Å². The summed E-state index contributed by atoms with van der Waals surface area (Å²) in [6, 6.07) is 10.4. The van der Waals surface area contributed by atoms with Crippen molar-refractivity contribution in [3.8, 4) is 23.1 Å². The summed E-state index contributed by atoms with van der Waals surface area (Å²) >= 11 is 0. The van der Waals surface area contributed by atoms with Crippen molar-refractivity contribution in [3.63, 3.8) is 0 Å². The van der Waals surface area contributed by atoms with Gasteiger partial charge in [0.25, 0.3) is 0 Å². The number of carbonyl (C=O) groups excluding carboxylic acids is 1. The number of hydrogen-bond donors (Lipinski definition) is 2. The fraction of sp³-hybridized carbons (Fsp3) is 0.292. The maximum Gasteiger partial charge on any atom is 0.246 e. The van der Waals surface area contributed by atoms with Gasteiger partial charge in [0.2, 0.25) is 11.8 Å². The highest BCUT2D eigenvalue weighted by Gasteiger charge is 2.14. The van der Waals surface area contributed by atoms with Crippen LogP contribution in [-0.2, 0) is 11.3 Å². The van der Waals surface area contributed by atoms with Crippen LogP contribution in [0.25, 0.3) is 10.9 Å². The van der Waals surface area contributed by atoms with Crippen molar-refractivity contribution in [3.05, 3.63) is 54.6 Å². The predicted molar refractivity (Wildman–Crippen MR) is 128 cm³/mol. The molecule has 0 spiro atoms. The Labute approximate surface area is 201 Å². The minimum atomic E-state index is -0.216. The molecule has 1 amide bonds. The van der Waals surface area contributed by atoms with Gasteiger partial charge in [-0.1, -0.05) is 19.1 Å². The van der Waals surface area contributed by atoms with Crippen molar-refractivity contribution in [1.29, 1.82) is 0 Å². The molecule has 2 N–H and O–H groups in total. The summed E-state index contributed by atoms with van der Waals surface area (Å²) in [6.07, 6.45) is 3.16. The van der Waals surface area contributed by atoms with Gasteiger partial charge >= 0.3 is 0 Å². The average Bonchev–Trinajstić information content (AvgIpc) is 3.32. The van der Waals surface area contributed by atoms with Gasteiger partial charge in [0.1, 0.15) is 25.2 Å². The smallest absolute Gasteiger partial charge is 0.246 e. The number of anilines is 1. The zero-order chi connectivity index (χ0) is 24.8. The molecule has 0 radical (unpaired) electrons. The van der Waals surface area contributed by atoms with Crippen LogP contribution in [0.5, 0.6) is 23.1 Å². The van der Waals surface area contributed by atoms with E-state index in [4.69, 9.17) is 19.3 Å². The maximum absolute atomic E-state index is 12.4. The Morgan fingerprint density at radius 3 is 2.63 bits per heavy atom. The van der Waals surface area contributed by atoms with Crippen molar-refractivity contribution < 1.29 is 24.1 Å². The fourth-order valence-corrected chi connectivity index (χ4v) is 3.27. The molecule has 0 aliphatic rings. The number of fused-ring (bicyclic) bond motifs is 1. The monoisotopic (exact) mass is 478 g/mol. The number of hydrogen-bond acceptors (Lipinski definition) is 9. The van der Waals surface area contributed by atoms with Crippen LogP contribution in [0.4, 0.5) is 5.69 Å². The van der Waals surface area contributed by atoms with E-state index in [1.807, 2.05) is 13.8 Å². The molecule has 4 rings (SSSR count). The lowest BCUT2D eigenvalue weighted by Gasteiger charge is -2.13. The third-order valence-electron chi connectivity index (χ3n) is 5.04. The number of aromatic nitrogens is 5. The summed E-state index contributed by atoms with van der Waals surface area (Å²) in [4.78, 5) is 20.9. The maximum atomic E-state index is 12.4. The highest BCUT2D eigenvalue weighted by Crippen LogP contribution is 2.36. The molecule has 2 heterocycles. The number of methoxy groups -OCH3 is 1. The summed E-state index contributed by atoms with van der Waals surface area (Å²) in [7, 11) is 1.52. The lowest BCUT2D eigenvalue weighted by atomic mass is 10.2. The molecule has 2 aromatic carbocycles. The fourth-order valence-electron chi connectivity index (χ4n) is 3.27. The van der Waals surface area contributed by atoms with Crippen LogP contribution in [0.15, 0.2) is 48.9 Å². The first-order valence-electron chi connectivity index (χ1n) is 11.0. The number of nitrogens with zero attached hydrogens (tertiary/aromatic N) is 5. The van der Waals surface area contributed by atoms with Gasteiger partial charge in [-0.2, -0.15) is 0 Å². The van der Waals surface area contributed by atoms with E-state index >= 15 is 0 Å². The molecule has 0 bridgehead atoms. The topological polar surface area (TPSA) is 134 Å². The quantitative estimate of drug-likeness (QED) is 0.352. The number of benzene rings is 2. The van der Waals surface area contributed by atoms with E-state index in [-0.39, 0.29) is 31.6 Å². The molecule has 11 nitrogen and oxygen atoms in total. The standard InChI is InChI=1S/C24H26N6O5/c1-15(2)20-12-30(29-28-20)13-23(32)27-16-4-6-17(7-5-16)35-24-18-10-21(33-3)22(34-9-8-31)11-19(18)25-14-26-24/h4-7,10-12,14-15,31H,8-9,13H2,1-3H3,(H,27,32). The van der Waals surface area contributed by atoms with Crippen LogP contribution >= 0.6 is 0 Å². The van der Waals surface area contributed by atoms with Gasteiger partial charge < -0.3 is 24.6 Å². The van der Waals surface area contributed by atoms with Gasteiger partial charge in [0.05, 0.1) is 30.3 Å². The van der Waals surface area contributed by atoms with Crippen LogP contribution in [0.1, 0.15) is 25.5 Å². The molecule has 182 valence electrons. The molecule has 35 heavy (non-hydrogen) atoms. The lowest BCUT2D eigenvalue weighted by molar-refractivity contribution is -0.116. The van der Waals surface area contributed by atoms with Crippen LogP contribution in [0.3, 0.4) is 0 Å². The molecule has 0 aliphatic carbocycles. The van der Waals surface area contributed by atoms with Crippen LogP contribution < -0.4 is 19.5 Å². The van der Waals surface area contributed by atoms with Crippen LogP contribution in [0, 0.1) is 0 Å². The van der Waals surface area contributed by atoms with Crippen LogP contribution in [0.2, 0.25) is 0 Å². The van der Waals surface area contributed by atoms with E-state index < -0.39 is 0 Å². The van der Waals surface area contributed by atoms with Crippen molar-refractivity contribution in [2.75, 3.05) is 25.6 Å². The number of aliphatic hydroxyl groups excluding tert-OH is 1. The summed E-state index contributed by atoms with van der Waals surface area (Å²) in [5, 5.41) is 20.5. The second-order valence-corrected chi connectivity index (χ2v) is 7.94. The highest BCUT2D eigenvalue weighted by molar-refractivity contribution is 5.90. The van der Waals surface area contributed by atoms with Gasteiger partial charge in [-0.15, -0.1) is 5.10 Å². The Hall–Kier alpha value is -4.25. The SMILES string of the molecule is COc1cc2c(Oc3ccc(NC(=O)Cn4cc(C(C)C)nn4)cc3)ncnc2cc1OCCO. The molecule has 0 atom stereocenters. The second-order valence-electron chi connectivity index (χ2n) is 7.94. The number of nitrogens with one attached hydrogen (secondary N) is 1. The first-order chi connectivity index (χ1) is 17.0. The molecule has 11 heteroatoms. The minimum absolute atomic E-state index is 0.0662. The number of amides is 1. The third kappa shape index (κ3) is 5.82. The zero-order valence-corrected chi connectivity index (χ0v) is 19.6. The normalized spacial score (nSPS) is 11.0. The van der Waals surface area contributed by atoms with Gasteiger partial charge in [0.15, 0.2) is 11.5 Å². The van der Waals surface area contributed by atoms with Gasteiger partial charge in [0, 0.05) is 18.0 Å². The molecule has 2 aromatic heterocycles. The summed E-state index contributed by atoms with van der Waals surface area (Å²) in [6.45, 7) is 4.12. The molecule has 0 fully saturated rings. The zero-order valence-electron chi connectivity index (χ0n) is 19.6. The Kier molecular flexibility index (Phi) is 7.36. The van der Waals surface area contributed by atoms with E-state index in [1.165, 1.54) is 18.1 Å². The van der Waals surface area contributed by atoms with E-state index in [2.05, 4.69) is 25.6 Å². The number of rotatable bonds is 10. The molecular weight excluding hydrogens is 452 g/mol. The Morgan fingerprint density at radius 1 is 1.14 bits per heavy atom. The highest BCUT2D eigenvalue weighted by atomic mass is 16.5. The Bertz CT molecular complexity index is 1310. The van der Waals surface area contributed by atoms with Crippen molar-refractivity contribution in [1.82, 2.24) is 25.0 Å². The minimum Gasteiger partial charge on any atom is -0.493 e. The second kappa shape index (κ2) is 10.8. The number of carbonyl (C=O) groups is 1. The van der Waals surface area contributed by atoms with Crippen molar-refractivity contribution in [2.45, 2.75) is 26.3 Å².